The third kappa shape index (κ3) is 3.63. The maximum absolute atomic E-state index is 11.4. The Hall–Kier alpha value is -0.770. The van der Waals surface area contributed by atoms with Gasteiger partial charge in [0.05, 0.1) is 13.2 Å². The van der Waals surface area contributed by atoms with Gasteiger partial charge >= 0.3 is 6.03 Å². The fourth-order valence-corrected chi connectivity index (χ4v) is 1.19. The highest BCUT2D eigenvalue weighted by molar-refractivity contribution is 5.73. The van der Waals surface area contributed by atoms with Gasteiger partial charge in [-0.05, 0) is 6.42 Å². The topological polar surface area (TPSA) is 43.6 Å². The summed E-state index contributed by atoms with van der Waals surface area (Å²) >= 11 is 0. The number of carbonyl (C=O) groups excluding carboxylic acids is 1. The van der Waals surface area contributed by atoms with E-state index in [2.05, 4.69) is 12.2 Å². The first kappa shape index (κ1) is 10.3. The van der Waals surface area contributed by atoms with Crippen LogP contribution in [0.3, 0.4) is 0 Å². The summed E-state index contributed by atoms with van der Waals surface area (Å²) in [6.07, 6.45) is 2.08. The van der Waals surface area contributed by atoms with Gasteiger partial charge in [0.2, 0.25) is 0 Å². The van der Waals surface area contributed by atoms with Crippen LogP contribution in [0.5, 0.6) is 0 Å². The van der Waals surface area contributed by atoms with Crippen LogP contribution in [-0.4, -0.2) is 43.8 Å². The van der Waals surface area contributed by atoms with Gasteiger partial charge in [-0.1, -0.05) is 13.3 Å². The monoisotopic (exact) mass is 185 g/mol. The van der Waals surface area contributed by atoms with E-state index in [1.165, 1.54) is 0 Å². The average molecular weight is 185 g/mol. The molecule has 0 aliphatic carbocycles. The molecule has 0 N–H and O–H groups in total. The number of hydrogen-bond acceptors (Lipinski definition) is 2. The Bertz CT molecular complexity index is 156. The smallest absolute Gasteiger partial charge is 0.339 e. The van der Waals surface area contributed by atoms with Gasteiger partial charge in [0.15, 0.2) is 0 Å². The number of amides is 2. The van der Waals surface area contributed by atoms with Gasteiger partial charge in [0, 0.05) is 19.6 Å². The Morgan fingerprint density at radius 3 is 2.77 bits per heavy atom. The molecule has 0 unspecified atom stereocenters. The number of rotatable bonds is 3. The minimum Gasteiger partial charge on any atom is -0.378 e. The Balaban J connectivity index is 2.13. The summed E-state index contributed by atoms with van der Waals surface area (Å²) in [6, 6.07) is -0.0725. The molecule has 1 heterocycles. The lowest BCUT2D eigenvalue weighted by Crippen LogP contribution is -2.43. The highest BCUT2D eigenvalue weighted by atomic mass is 16.5. The standard InChI is InChI=1S/C9H17N2O2/c1-2-3-4-10-9(12)11-5-7-13-8-6-11/h2-8H2,1H3. The maximum Gasteiger partial charge on any atom is 0.339 e. The fraction of sp³-hybridized carbons (Fsp3) is 0.889. The molecule has 1 aliphatic rings. The van der Waals surface area contributed by atoms with Crippen molar-refractivity contribution in [2.75, 3.05) is 32.8 Å². The van der Waals surface area contributed by atoms with Crippen LogP contribution in [0, 0.1) is 0 Å². The molecule has 1 saturated heterocycles. The van der Waals surface area contributed by atoms with E-state index in [-0.39, 0.29) is 6.03 Å². The highest BCUT2D eigenvalue weighted by Crippen LogP contribution is 1.97. The number of nitrogens with zero attached hydrogens (tertiary/aromatic N) is 2. The van der Waals surface area contributed by atoms with Crippen LogP contribution >= 0.6 is 0 Å². The van der Waals surface area contributed by atoms with Crippen molar-refractivity contribution >= 4 is 6.03 Å². The predicted molar refractivity (Wildman–Crippen MR) is 49.7 cm³/mol. The van der Waals surface area contributed by atoms with Crippen LogP contribution in [0.15, 0.2) is 0 Å². The van der Waals surface area contributed by atoms with Gasteiger partial charge in [-0.3, -0.25) is 0 Å². The molecule has 75 valence electrons. The zero-order chi connectivity index (χ0) is 9.52. The zero-order valence-corrected chi connectivity index (χ0v) is 8.16. The molecule has 1 rings (SSSR count). The van der Waals surface area contributed by atoms with Gasteiger partial charge in [-0.2, -0.15) is 0 Å². The molecule has 0 saturated carbocycles. The van der Waals surface area contributed by atoms with E-state index in [0.29, 0.717) is 32.8 Å². The molecule has 0 aromatic rings. The molecule has 0 aromatic carbocycles. The summed E-state index contributed by atoms with van der Waals surface area (Å²) in [7, 11) is 0. The van der Waals surface area contributed by atoms with E-state index in [1.807, 2.05) is 0 Å². The Morgan fingerprint density at radius 1 is 1.46 bits per heavy atom. The van der Waals surface area contributed by atoms with Gasteiger partial charge in [0.1, 0.15) is 0 Å². The molecule has 13 heavy (non-hydrogen) atoms. The maximum atomic E-state index is 11.4. The van der Waals surface area contributed by atoms with E-state index in [9.17, 15) is 4.79 Å². The largest absolute Gasteiger partial charge is 0.378 e. The Kier molecular flexibility index (Phi) is 4.60. The molecular weight excluding hydrogens is 168 g/mol. The quantitative estimate of drug-likeness (QED) is 0.612. The number of urea groups is 1. The molecule has 0 atom stereocenters. The van der Waals surface area contributed by atoms with Crippen molar-refractivity contribution in [2.45, 2.75) is 19.8 Å². The van der Waals surface area contributed by atoms with Crippen molar-refractivity contribution in [3.63, 3.8) is 0 Å². The molecule has 4 nitrogen and oxygen atoms in total. The van der Waals surface area contributed by atoms with Crippen molar-refractivity contribution in [3.8, 4) is 0 Å². The molecule has 1 aliphatic heterocycles. The van der Waals surface area contributed by atoms with Gasteiger partial charge in [-0.25, -0.2) is 10.1 Å². The van der Waals surface area contributed by atoms with Crippen LogP contribution in [0.4, 0.5) is 4.79 Å². The zero-order valence-electron chi connectivity index (χ0n) is 8.16. The third-order valence-corrected chi connectivity index (χ3v) is 2.04. The molecule has 4 heteroatoms. The molecule has 0 aromatic heterocycles. The van der Waals surface area contributed by atoms with Gasteiger partial charge in [-0.15, -0.1) is 0 Å². The van der Waals surface area contributed by atoms with Crippen molar-refractivity contribution in [2.24, 2.45) is 0 Å². The highest BCUT2D eigenvalue weighted by Gasteiger charge is 2.16. The second-order valence-corrected chi connectivity index (χ2v) is 3.12. The van der Waals surface area contributed by atoms with Crippen LogP contribution in [0.2, 0.25) is 0 Å². The van der Waals surface area contributed by atoms with Crippen molar-refractivity contribution in [1.82, 2.24) is 10.2 Å². The van der Waals surface area contributed by atoms with E-state index in [1.54, 1.807) is 4.90 Å². The number of unbranched alkanes of at least 4 members (excludes halogenated alkanes) is 1. The van der Waals surface area contributed by atoms with Crippen molar-refractivity contribution < 1.29 is 9.53 Å². The van der Waals surface area contributed by atoms with Crippen LogP contribution in [0.1, 0.15) is 19.8 Å². The van der Waals surface area contributed by atoms with Crippen molar-refractivity contribution in [3.05, 3.63) is 0 Å². The Morgan fingerprint density at radius 2 is 2.15 bits per heavy atom. The second kappa shape index (κ2) is 5.80. The first-order valence-corrected chi connectivity index (χ1v) is 4.88. The summed E-state index contributed by atoms with van der Waals surface area (Å²) in [5.74, 6) is 0. The average Bonchev–Trinajstić information content (AvgIpc) is 2.19. The molecule has 0 bridgehead atoms. The summed E-state index contributed by atoms with van der Waals surface area (Å²) in [5, 5.41) is 3.97. The minimum absolute atomic E-state index is 0.0725. The number of morpholine rings is 1. The molecule has 1 radical (unpaired) electrons. The van der Waals surface area contributed by atoms with Crippen molar-refractivity contribution in [1.29, 1.82) is 0 Å². The lowest BCUT2D eigenvalue weighted by molar-refractivity contribution is 0.0530. The van der Waals surface area contributed by atoms with E-state index >= 15 is 0 Å². The first-order chi connectivity index (χ1) is 6.34. The van der Waals surface area contributed by atoms with E-state index in [4.69, 9.17) is 4.74 Å². The normalized spacial score (nSPS) is 17.2. The molecular formula is C9H17N2O2. The first-order valence-electron chi connectivity index (χ1n) is 4.88. The summed E-state index contributed by atoms with van der Waals surface area (Å²) < 4.78 is 5.14. The molecule has 1 fully saturated rings. The van der Waals surface area contributed by atoms with Gasteiger partial charge < -0.3 is 9.64 Å². The molecule has 2 amide bonds. The number of carbonyl (C=O) groups is 1. The minimum atomic E-state index is -0.0725. The van der Waals surface area contributed by atoms with Crippen LogP contribution < -0.4 is 5.32 Å². The van der Waals surface area contributed by atoms with E-state index < -0.39 is 0 Å². The number of ether oxygens (including phenoxy) is 1. The predicted octanol–water partition coefficient (Wildman–Crippen LogP) is 0.843. The third-order valence-electron chi connectivity index (χ3n) is 2.04. The lowest BCUT2D eigenvalue weighted by atomic mass is 10.3. The fourth-order valence-electron chi connectivity index (χ4n) is 1.19. The number of hydrogen-bond donors (Lipinski definition) is 0. The van der Waals surface area contributed by atoms with Gasteiger partial charge in [0.25, 0.3) is 0 Å². The van der Waals surface area contributed by atoms with Crippen LogP contribution in [-0.2, 0) is 4.74 Å². The summed E-state index contributed by atoms with van der Waals surface area (Å²) in [4.78, 5) is 13.1. The second-order valence-electron chi connectivity index (χ2n) is 3.12. The summed E-state index contributed by atoms with van der Waals surface area (Å²) in [5.41, 5.74) is 0. The summed E-state index contributed by atoms with van der Waals surface area (Å²) in [6.45, 7) is 5.43. The molecule has 0 spiro atoms. The van der Waals surface area contributed by atoms with E-state index in [0.717, 1.165) is 12.8 Å². The SMILES string of the molecule is CCCC[N]C(=O)N1CCOCC1. The van der Waals surface area contributed by atoms with Crippen LogP contribution in [0.25, 0.3) is 0 Å². The lowest BCUT2D eigenvalue weighted by Gasteiger charge is -2.25. The Labute approximate surface area is 79.2 Å².